The van der Waals surface area contributed by atoms with E-state index in [0.717, 1.165) is 63.4 Å². The van der Waals surface area contributed by atoms with Gasteiger partial charge in [0, 0.05) is 33.7 Å². The van der Waals surface area contributed by atoms with Crippen LogP contribution in [-0.4, -0.2) is 90.1 Å². The molecule has 0 aliphatic carbocycles. The molecule has 2 heterocycles. The molecule has 10 heteroatoms. The molecular formula is C22H34FN7O2. The second-order valence-corrected chi connectivity index (χ2v) is 7.80. The van der Waals surface area contributed by atoms with Gasteiger partial charge in [0.25, 0.3) is 0 Å². The summed E-state index contributed by atoms with van der Waals surface area (Å²) < 4.78 is 26.7. The van der Waals surface area contributed by atoms with Crippen LogP contribution in [0.3, 0.4) is 0 Å². The van der Waals surface area contributed by atoms with E-state index in [-0.39, 0.29) is 11.6 Å². The number of aliphatic imine (C=N–C) groups is 1. The molecule has 0 bridgehead atoms. The molecule has 1 saturated heterocycles. The van der Waals surface area contributed by atoms with Crippen LogP contribution in [0.2, 0.25) is 0 Å². The van der Waals surface area contributed by atoms with Crippen LogP contribution in [0.25, 0.3) is 0 Å². The molecule has 0 radical (unpaired) electrons. The lowest BCUT2D eigenvalue weighted by Gasteiger charge is -2.27. The van der Waals surface area contributed by atoms with Gasteiger partial charge in [0.15, 0.2) is 23.4 Å². The number of nitrogens with zero attached hydrogens (tertiary/aromatic N) is 6. The second kappa shape index (κ2) is 12.4. The Morgan fingerprint density at radius 2 is 2.06 bits per heavy atom. The van der Waals surface area contributed by atoms with Crippen LogP contribution in [0.5, 0.6) is 5.75 Å². The molecule has 1 N–H and O–H groups in total. The van der Waals surface area contributed by atoms with Gasteiger partial charge in [-0.3, -0.25) is 4.90 Å². The van der Waals surface area contributed by atoms with E-state index in [2.05, 4.69) is 20.4 Å². The normalized spacial score (nSPS) is 15.1. The standard InChI is InChI=1S/C22H34FN7O2/c1-18-26-27-21(29(18)3)17-25-22(24-9-6-10-30-12-14-31-15-13-30)28(2)11-16-32-20-8-5-4-7-19(20)23/h4-5,7-8H,6,9-17H2,1-3H3,(H,24,25). The Kier molecular flexibility index (Phi) is 9.24. The first-order valence-corrected chi connectivity index (χ1v) is 11.1. The number of hydrogen-bond donors (Lipinski definition) is 1. The number of benzene rings is 1. The van der Waals surface area contributed by atoms with E-state index in [4.69, 9.17) is 14.5 Å². The third-order valence-corrected chi connectivity index (χ3v) is 5.47. The monoisotopic (exact) mass is 447 g/mol. The Bertz CT molecular complexity index is 868. The van der Waals surface area contributed by atoms with E-state index >= 15 is 0 Å². The van der Waals surface area contributed by atoms with Gasteiger partial charge in [-0.05, 0) is 32.0 Å². The van der Waals surface area contributed by atoms with Crippen LogP contribution in [-0.2, 0) is 18.3 Å². The number of halogens is 1. The van der Waals surface area contributed by atoms with E-state index < -0.39 is 0 Å². The summed E-state index contributed by atoms with van der Waals surface area (Å²) in [5, 5.41) is 11.7. The number of ether oxygens (including phenoxy) is 2. The van der Waals surface area contributed by atoms with Crippen molar-refractivity contribution in [3.8, 4) is 5.75 Å². The van der Waals surface area contributed by atoms with Crippen molar-refractivity contribution in [2.75, 3.05) is 59.6 Å². The summed E-state index contributed by atoms with van der Waals surface area (Å²) in [6.07, 6.45) is 1.00. The van der Waals surface area contributed by atoms with Crippen LogP contribution in [0, 0.1) is 12.7 Å². The third-order valence-electron chi connectivity index (χ3n) is 5.47. The number of aryl methyl sites for hydroxylation is 1. The fraction of sp³-hybridized carbons (Fsp3) is 0.591. The van der Waals surface area contributed by atoms with Crippen molar-refractivity contribution in [3.05, 3.63) is 41.7 Å². The van der Waals surface area contributed by atoms with Crippen LogP contribution in [0.15, 0.2) is 29.3 Å². The zero-order valence-electron chi connectivity index (χ0n) is 19.3. The number of aromatic nitrogens is 3. The lowest BCUT2D eigenvalue weighted by molar-refractivity contribution is 0.0375. The van der Waals surface area contributed by atoms with Crippen molar-refractivity contribution in [1.29, 1.82) is 0 Å². The van der Waals surface area contributed by atoms with Crippen LogP contribution in [0.4, 0.5) is 4.39 Å². The van der Waals surface area contributed by atoms with Gasteiger partial charge in [0.1, 0.15) is 19.0 Å². The van der Waals surface area contributed by atoms with Crippen molar-refractivity contribution in [3.63, 3.8) is 0 Å². The maximum Gasteiger partial charge on any atom is 0.194 e. The third kappa shape index (κ3) is 7.16. The maximum atomic E-state index is 13.8. The summed E-state index contributed by atoms with van der Waals surface area (Å²) in [7, 11) is 3.88. The van der Waals surface area contributed by atoms with Crippen LogP contribution in [0.1, 0.15) is 18.1 Å². The summed E-state index contributed by atoms with van der Waals surface area (Å²) in [5.41, 5.74) is 0. The molecule has 2 aromatic rings. The first kappa shape index (κ1) is 23.9. The number of likely N-dealkylation sites (N-methyl/N-ethyl adjacent to an activating group) is 1. The molecule has 9 nitrogen and oxygen atoms in total. The Morgan fingerprint density at radius 1 is 1.28 bits per heavy atom. The Balaban J connectivity index is 1.53. The van der Waals surface area contributed by atoms with E-state index in [1.165, 1.54) is 6.07 Å². The molecular weight excluding hydrogens is 413 g/mol. The lowest BCUT2D eigenvalue weighted by atomic mass is 10.3. The van der Waals surface area contributed by atoms with Crippen molar-refractivity contribution in [1.82, 2.24) is 29.9 Å². The number of rotatable bonds is 10. The first-order valence-electron chi connectivity index (χ1n) is 11.1. The molecule has 0 atom stereocenters. The summed E-state index contributed by atoms with van der Waals surface area (Å²) in [6.45, 7) is 8.64. The Morgan fingerprint density at radius 3 is 2.78 bits per heavy atom. The summed E-state index contributed by atoms with van der Waals surface area (Å²) >= 11 is 0. The zero-order chi connectivity index (χ0) is 22.8. The second-order valence-electron chi connectivity index (χ2n) is 7.80. The molecule has 1 aromatic carbocycles. The van der Waals surface area contributed by atoms with Gasteiger partial charge in [-0.15, -0.1) is 10.2 Å². The van der Waals surface area contributed by atoms with Crippen LogP contribution >= 0.6 is 0 Å². The number of guanidine groups is 1. The predicted molar refractivity (Wildman–Crippen MR) is 121 cm³/mol. The molecule has 1 fully saturated rings. The lowest BCUT2D eigenvalue weighted by Crippen LogP contribution is -2.43. The highest BCUT2D eigenvalue weighted by Crippen LogP contribution is 2.15. The SMILES string of the molecule is Cc1nnc(CN=C(NCCCN2CCOCC2)N(C)CCOc2ccccc2F)n1C. The average Bonchev–Trinajstić information content (AvgIpc) is 3.12. The van der Waals surface area contributed by atoms with Crippen LogP contribution < -0.4 is 10.1 Å². The molecule has 176 valence electrons. The highest BCUT2D eigenvalue weighted by Gasteiger charge is 2.12. The summed E-state index contributed by atoms with van der Waals surface area (Å²) in [6, 6.07) is 6.43. The molecule has 0 unspecified atom stereocenters. The van der Waals surface area contributed by atoms with Gasteiger partial charge >= 0.3 is 0 Å². The molecule has 1 aromatic heterocycles. The van der Waals surface area contributed by atoms with Gasteiger partial charge in [0.05, 0.1) is 19.8 Å². The number of nitrogens with one attached hydrogen (secondary N) is 1. The highest BCUT2D eigenvalue weighted by atomic mass is 19.1. The number of para-hydroxylation sites is 1. The molecule has 0 saturated carbocycles. The van der Waals surface area contributed by atoms with E-state index in [1.807, 2.05) is 30.5 Å². The smallest absolute Gasteiger partial charge is 0.194 e. The van der Waals surface area contributed by atoms with Crippen molar-refractivity contribution in [2.24, 2.45) is 12.0 Å². The predicted octanol–water partition coefficient (Wildman–Crippen LogP) is 1.44. The first-order chi connectivity index (χ1) is 15.5. The van der Waals surface area contributed by atoms with E-state index in [1.54, 1.807) is 18.2 Å². The minimum absolute atomic E-state index is 0.257. The minimum Gasteiger partial charge on any atom is -0.489 e. The fourth-order valence-corrected chi connectivity index (χ4v) is 3.33. The number of hydrogen-bond acceptors (Lipinski definition) is 6. The quantitative estimate of drug-likeness (QED) is 0.335. The van der Waals surface area contributed by atoms with Gasteiger partial charge in [-0.25, -0.2) is 9.38 Å². The topological polar surface area (TPSA) is 80.0 Å². The molecule has 1 aliphatic rings. The maximum absolute atomic E-state index is 13.8. The molecule has 32 heavy (non-hydrogen) atoms. The molecule has 0 spiro atoms. The van der Waals surface area contributed by atoms with Gasteiger partial charge in [-0.2, -0.15) is 0 Å². The average molecular weight is 448 g/mol. The Hall–Kier alpha value is -2.72. The zero-order valence-corrected chi connectivity index (χ0v) is 19.3. The van der Waals surface area contributed by atoms with Gasteiger partial charge in [-0.1, -0.05) is 12.1 Å². The minimum atomic E-state index is -0.358. The van der Waals surface area contributed by atoms with Crippen molar-refractivity contribution >= 4 is 5.96 Å². The van der Waals surface area contributed by atoms with Gasteiger partial charge < -0.3 is 24.3 Å². The van der Waals surface area contributed by atoms with Gasteiger partial charge in [0.2, 0.25) is 0 Å². The van der Waals surface area contributed by atoms with Crippen molar-refractivity contribution < 1.29 is 13.9 Å². The fourth-order valence-electron chi connectivity index (χ4n) is 3.33. The highest BCUT2D eigenvalue weighted by molar-refractivity contribution is 5.79. The Labute approximate surface area is 189 Å². The summed E-state index contributed by atoms with van der Waals surface area (Å²) in [5.74, 6) is 2.30. The van der Waals surface area contributed by atoms with E-state index in [0.29, 0.717) is 19.7 Å². The molecule has 1 aliphatic heterocycles. The largest absolute Gasteiger partial charge is 0.489 e. The molecule has 0 amide bonds. The molecule has 3 rings (SSSR count). The van der Waals surface area contributed by atoms with E-state index in [9.17, 15) is 4.39 Å². The van der Waals surface area contributed by atoms with Crippen molar-refractivity contribution in [2.45, 2.75) is 19.9 Å². The summed E-state index contributed by atoms with van der Waals surface area (Å²) in [4.78, 5) is 9.14. The number of morpholine rings is 1.